The lowest BCUT2D eigenvalue weighted by molar-refractivity contribution is -0.132. The fourth-order valence-electron chi connectivity index (χ4n) is 2.23. The Morgan fingerprint density at radius 2 is 2.12 bits per heavy atom. The zero-order chi connectivity index (χ0) is 12.0. The number of nitrogens with one attached hydrogen (secondary N) is 1. The summed E-state index contributed by atoms with van der Waals surface area (Å²) >= 11 is 0. The Kier molecular flexibility index (Phi) is 2.22. The summed E-state index contributed by atoms with van der Waals surface area (Å²) in [5.74, 6) is -0.802. The highest BCUT2D eigenvalue weighted by atomic mass is 16.4. The van der Waals surface area contributed by atoms with Gasteiger partial charge in [0.2, 0.25) is 0 Å². The molecule has 1 heterocycles. The molecule has 2 N–H and O–H groups in total. The monoisotopic (exact) mass is 218 g/mol. The highest BCUT2D eigenvalue weighted by molar-refractivity contribution is 6.22. The average Bonchev–Trinajstić information content (AvgIpc) is 2.38. The van der Waals surface area contributed by atoms with Crippen LogP contribution in [-0.4, -0.2) is 28.9 Å². The van der Waals surface area contributed by atoms with Crippen molar-refractivity contribution >= 4 is 19.4 Å². The van der Waals surface area contributed by atoms with Gasteiger partial charge < -0.3 is 10.1 Å². The fraction of sp³-hybridized carbons (Fsp3) is 0.300. The highest BCUT2D eigenvalue weighted by Crippen LogP contribution is 2.36. The van der Waals surface area contributed by atoms with Crippen LogP contribution in [0, 0.1) is 6.92 Å². The molecule has 0 fully saturated rings. The number of H-pyrrole nitrogens is 1. The molecule has 1 atom stereocenters. The van der Waals surface area contributed by atoms with Crippen molar-refractivity contribution in [2.45, 2.75) is 19.7 Å². The van der Waals surface area contributed by atoms with E-state index in [1.165, 1.54) is 0 Å². The van der Waals surface area contributed by atoms with E-state index in [0.29, 0.717) is 22.7 Å². The number of nitrogens with zero attached hydrogens (tertiary/aromatic N) is 1. The van der Waals surface area contributed by atoms with Crippen LogP contribution in [0.4, 0.5) is 0 Å². The van der Waals surface area contributed by atoms with Gasteiger partial charge in [0.05, 0.1) is 11.3 Å². The summed E-state index contributed by atoms with van der Waals surface area (Å²) in [6.45, 7) is 3.33. The van der Waals surface area contributed by atoms with Crippen LogP contribution in [0.2, 0.25) is 0 Å². The van der Waals surface area contributed by atoms with E-state index in [9.17, 15) is 9.59 Å². The standard InChI is InChI=1S/C10H11BN2O3/c1-3-5(10(15)16)7(11)8-6(3)9(14)13-4(2)12-8/h7H,11H2,1-2H3,(H,15,16)(H,12,13,14). The van der Waals surface area contributed by atoms with Gasteiger partial charge in [-0.15, -0.1) is 0 Å². The smallest absolute Gasteiger partial charge is 0.331 e. The fourth-order valence-corrected chi connectivity index (χ4v) is 2.23. The van der Waals surface area contributed by atoms with Crippen molar-refractivity contribution in [3.63, 3.8) is 0 Å². The van der Waals surface area contributed by atoms with Crippen LogP contribution >= 0.6 is 0 Å². The van der Waals surface area contributed by atoms with Crippen LogP contribution in [0.15, 0.2) is 10.4 Å². The van der Waals surface area contributed by atoms with Gasteiger partial charge in [0.1, 0.15) is 13.7 Å². The number of carboxylic acids is 1. The molecule has 0 aliphatic heterocycles. The van der Waals surface area contributed by atoms with Crippen molar-refractivity contribution in [1.82, 2.24) is 9.97 Å². The number of hydrogen-bond donors (Lipinski definition) is 2. The lowest BCUT2D eigenvalue weighted by atomic mass is 9.80. The maximum absolute atomic E-state index is 11.7. The highest BCUT2D eigenvalue weighted by Gasteiger charge is 2.33. The third kappa shape index (κ3) is 1.30. The lowest BCUT2D eigenvalue weighted by Gasteiger charge is -2.06. The molecule has 0 bridgehead atoms. The van der Waals surface area contributed by atoms with Crippen molar-refractivity contribution in [2.24, 2.45) is 0 Å². The molecule has 1 aliphatic carbocycles. The normalized spacial score (nSPS) is 18.8. The van der Waals surface area contributed by atoms with Crippen molar-refractivity contribution in [2.75, 3.05) is 0 Å². The molecule has 0 radical (unpaired) electrons. The van der Waals surface area contributed by atoms with Crippen LogP contribution in [0.25, 0.3) is 5.57 Å². The summed E-state index contributed by atoms with van der Waals surface area (Å²) in [7, 11) is 1.75. The predicted molar refractivity (Wildman–Crippen MR) is 61.1 cm³/mol. The molecule has 82 valence electrons. The van der Waals surface area contributed by atoms with Gasteiger partial charge in [-0.25, -0.2) is 9.78 Å². The van der Waals surface area contributed by atoms with Gasteiger partial charge >= 0.3 is 5.97 Å². The number of hydrogen-bond acceptors (Lipinski definition) is 3. The molecule has 0 saturated carbocycles. The van der Waals surface area contributed by atoms with Gasteiger partial charge in [-0.2, -0.15) is 0 Å². The second-order valence-corrected chi connectivity index (χ2v) is 3.98. The number of carbonyl (C=O) groups is 1. The molecule has 0 spiro atoms. The zero-order valence-corrected chi connectivity index (χ0v) is 9.29. The van der Waals surface area contributed by atoms with E-state index < -0.39 is 5.97 Å². The van der Waals surface area contributed by atoms with Gasteiger partial charge in [0, 0.05) is 11.4 Å². The summed E-state index contributed by atoms with van der Waals surface area (Å²) < 4.78 is 0. The molecule has 1 aromatic rings. The van der Waals surface area contributed by atoms with E-state index in [0.717, 1.165) is 0 Å². The van der Waals surface area contributed by atoms with E-state index in [2.05, 4.69) is 9.97 Å². The van der Waals surface area contributed by atoms with Gasteiger partial charge in [0.15, 0.2) is 0 Å². The van der Waals surface area contributed by atoms with Crippen LogP contribution in [-0.2, 0) is 4.79 Å². The number of aromatic amines is 1. The molecule has 2 rings (SSSR count). The Morgan fingerprint density at radius 3 is 2.69 bits per heavy atom. The first kappa shape index (κ1) is 10.7. The second-order valence-electron chi connectivity index (χ2n) is 3.98. The van der Waals surface area contributed by atoms with E-state index in [1.807, 2.05) is 0 Å². The second kappa shape index (κ2) is 3.33. The third-order valence-corrected chi connectivity index (χ3v) is 2.92. The van der Waals surface area contributed by atoms with Crippen LogP contribution in [0.1, 0.15) is 29.8 Å². The molecular weight excluding hydrogens is 207 g/mol. The first-order chi connectivity index (χ1) is 7.43. The maximum Gasteiger partial charge on any atom is 0.331 e. The Morgan fingerprint density at radius 1 is 1.50 bits per heavy atom. The van der Waals surface area contributed by atoms with Gasteiger partial charge in [0.25, 0.3) is 5.56 Å². The molecule has 0 saturated heterocycles. The van der Waals surface area contributed by atoms with Crippen LogP contribution < -0.4 is 5.56 Å². The van der Waals surface area contributed by atoms with E-state index >= 15 is 0 Å². The third-order valence-electron chi connectivity index (χ3n) is 2.92. The lowest BCUT2D eigenvalue weighted by Crippen LogP contribution is -2.16. The summed E-state index contributed by atoms with van der Waals surface area (Å²) in [6, 6.07) is 0. The number of aromatic nitrogens is 2. The quantitative estimate of drug-likeness (QED) is 0.629. The largest absolute Gasteiger partial charge is 0.478 e. The molecule has 1 unspecified atom stereocenters. The summed E-state index contributed by atoms with van der Waals surface area (Å²) in [4.78, 5) is 29.6. The molecular formula is C10H11BN2O3. The Labute approximate surface area is 92.6 Å². The van der Waals surface area contributed by atoms with Gasteiger partial charge in [-0.3, -0.25) is 4.79 Å². The number of allylic oxidation sites excluding steroid dienone is 1. The number of aryl methyl sites for hydroxylation is 1. The van der Waals surface area contributed by atoms with Crippen LogP contribution in [0.5, 0.6) is 0 Å². The molecule has 0 aromatic carbocycles. The van der Waals surface area contributed by atoms with E-state index in [-0.39, 0.29) is 16.9 Å². The van der Waals surface area contributed by atoms with Crippen molar-refractivity contribution in [3.8, 4) is 0 Å². The minimum atomic E-state index is -0.986. The zero-order valence-electron chi connectivity index (χ0n) is 9.29. The Balaban J connectivity index is 2.77. The van der Waals surface area contributed by atoms with E-state index in [1.54, 1.807) is 21.7 Å². The molecule has 1 aromatic heterocycles. The Bertz CT molecular complexity index is 574. The maximum atomic E-state index is 11.7. The summed E-state index contributed by atoms with van der Waals surface area (Å²) in [5.41, 5.74) is 1.50. The number of fused-ring (bicyclic) bond motifs is 1. The Hall–Kier alpha value is -1.85. The minimum absolute atomic E-state index is 0.261. The van der Waals surface area contributed by atoms with Crippen molar-refractivity contribution in [1.29, 1.82) is 0 Å². The number of rotatable bonds is 1. The first-order valence-electron chi connectivity index (χ1n) is 4.98. The van der Waals surface area contributed by atoms with Gasteiger partial charge in [-0.1, -0.05) is 0 Å². The van der Waals surface area contributed by atoms with Crippen LogP contribution in [0.3, 0.4) is 0 Å². The van der Waals surface area contributed by atoms with Gasteiger partial charge in [-0.05, 0) is 19.4 Å². The topological polar surface area (TPSA) is 83.0 Å². The molecule has 0 amide bonds. The molecule has 1 aliphatic rings. The minimum Gasteiger partial charge on any atom is -0.478 e. The molecule has 6 heteroatoms. The summed E-state index contributed by atoms with van der Waals surface area (Å²) in [5, 5.41) is 9.09. The van der Waals surface area contributed by atoms with Crippen molar-refractivity contribution < 1.29 is 9.90 Å². The predicted octanol–water partition coefficient (Wildman–Crippen LogP) is -0.376. The number of carboxylic acid groups (broad SMARTS) is 1. The van der Waals surface area contributed by atoms with E-state index in [4.69, 9.17) is 5.11 Å². The molecule has 5 nitrogen and oxygen atoms in total. The SMILES string of the molecule is BC1C(C(=O)O)=C(C)c2c1nc(C)[nH]c2=O. The summed E-state index contributed by atoms with van der Waals surface area (Å²) in [6.07, 6.45) is 0. The molecule has 16 heavy (non-hydrogen) atoms. The first-order valence-corrected chi connectivity index (χ1v) is 4.98. The number of aliphatic carboxylic acids is 1. The van der Waals surface area contributed by atoms with Crippen molar-refractivity contribution in [3.05, 3.63) is 33.0 Å². The average molecular weight is 218 g/mol.